The first kappa shape index (κ1) is 17.8. The molecule has 2 aromatic rings. The highest BCUT2D eigenvalue weighted by Gasteiger charge is 2.26. The number of fused-ring (bicyclic) bond motifs is 2. The molecule has 0 saturated heterocycles. The molecule has 0 aliphatic heterocycles. The van der Waals surface area contributed by atoms with E-state index < -0.39 is 17.9 Å². The van der Waals surface area contributed by atoms with Gasteiger partial charge in [0, 0.05) is 0 Å². The first-order chi connectivity index (χ1) is 13.0. The second kappa shape index (κ2) is 7.18. The number of carboxylic acids is 2. The highest BCUT2D eigenvalue weighted by atomic mass is 16.4. The molecule has 27 heavy (non-hydrogen) atoms. The van der Waals surface area contributed by atoms with Crippen molar-refractivity contribution in [3.63, 3.8) is 0 Å². The van der Waals surface area contributed by atoms with Crippen molar-refractivity contribution in [2.24, 2.45) is 5.92 Å². The van der Waals surface area contributed by atoms with E-state index in [1.165, 1.54) is 11.1 Å². The van der Waals surface area contributed by atoms with Crippen LogP contribution in [0.2, 0.25) is 0 Å². The van der Waals surface area contributed by atoms with Crippen molar-refractivity contribution in [3.8, 4) is 0 Å². The normalized spacial score (nSPS) is 16.0. The Kier molecular flexibility index (Phi) is 4.73. The van der Waals surface area contributed by atoms with E-state index in [2.05, 4.69) is 12.1 Å². The van der Waals surface area contributed by atoms with Crippen molar-refractivity contribution in [1.82, 2.24) is 0 Å². The fourth-order valence-electron chi connectivity index (χ4n) is 4.70. The van der Waals surface area contributed by atoms with E-state index in [4.69, 9.17) is 0 Å². The van der Waals surface area contributed by atoms with Crippen molar-refractivity contribution in [2.45, 2.75) is 51.4 Å². The van der Waals surface area contributed by atoms with Gasteiger partial charge in [-0.15, -0.1) is 0 Å². The van der Waals surface area contributed by atoms with Crippen molar-refractivity contribution in [3.05, 3.63) is 69.3 Å². The predicted octanol–water partition coefficient (Wildman–Crippen LogP) is 3.85. The second-order valence-electron chi connectivity index (χ2n) is 7.80. The lowest BCUT2D eigenvalue weighted by Gasteiger charge is -2.17. The summed E-state index contributed by atoms with van der Waals surface area (Å²) in [7, 11) is 0. The third-order valence-corrected chi connectivity index (χ3v) is 6.04. The topological polar surface area (TPSA) is 74.6 Å². The minimum atomic E-state index is -0.939. The summed E-state index contributed by atoms with van der Waals surface area (Å²) in [5.41, 5.74) is 6.73. The summed E-state index contributed by atoms with van der Waals surface area (Å²) in [4.78, 5) is 23.8. The maximum Gasteiger partial charge on any atom is 0.336 e. The first-order valence-corrected chi connectivity index (χ1v) is 9.73. The molecule has 4 rings (SSSR count). The van der Waals surface area contributed by atoms with Crippen molar-refractivity contribution < 1.29 is 19.8 Å². The van der Waals surface area contributed by atoms with Gasteiger partial charge in [-0.2, -0.15) is 0 Å². The molecule has 0 spiro atoms. The summed E-state index contributed by atoms with van der Waals surface area (Å²) in [6.45, 7) is 0. The van der Waals surface area contributed by atoms with Crippen molar-refractivity contribution in [2.75, 3.05) is 0 Å². The highest BCUT2D eigenvalue weighted by molar-refractivity contribution is 5.92. The lowest BCUT2D eigenvalue weighted by Crippen LogP contribution is -2.21. The van der Waals surface area contributed by atoms with Crippen LogP contribution in [-0.2, 0) is 43.3 Å². The number of aromatic carboxylic acids is 1. The number of carbonyl (C=O) groups is 2. The molecule has 0 aromatic heterocycles. The van der Waals surface area contributed by atoms with Crippen LogP contribution in [-0.4, -0.2) is 22.2 Å². The van der Waals surface area contributed by atoms with Crippen molar-refractivity contribution in [1.29, 1.82) is 0 Å². The number of rotatable bonds is 6. The maximum atomic E-state index is 11.9. The van der Waals surface area contributed by atoms with Gasteiger partial charge in [0.15, 0.2) is 0 Å². The zero-order chi connectivity index (χ0) is 19.0. The zero-order valence-corrected chi connectivity index (χ0v) is 15.3. The Morgan fingerprint density at radius 3 is 2.33 bits per heavy atom. The van der Waals surface area contributed by atoms with Gasteiger partial charge in [0.1, 0.15) is 0 Å². The lowest BCUT2D eigenvalue weighted by atomic mass is 9.87. The largest absolute Gasteiger partial charge is 0.481 e. The molecule has 0 fully saturated rings. The smallest absolute Gasteiger partial charge is 0.336 e. The summed E-state index contributed by atoms with van der Waals surface area (Å²) in [5.74, 6) is -2.43. The van der Waals surface area contributed by atoms with E-state index in [0.717, 1.165) is 55.2 Å². The summed E-state index contributed by atoms with van der Waals surface area (Å²) in [6.07, 6.45) is 6.67. The molecule has 0 unspecified atom stereocenters. The van der Waals surface area contributed by atoms with Crippen LogP contribution in [0, 0.1) is 5.92 Å². The zero-order valence-electron chi connectivity index (χ0n) is 15.3. The SMILES string of the molecule is O=C(O)c1c(C[C@H](Cc2ccc3c(c2)CCC3)C(=O)O)ccc2c1CCC2. The highest BCUT2D eigenvalue weighted by Crippen LogP contribution is 2.30. The summed E-state index contributed by atoms with van der Waals surface area (Å²) >= 11 is 0. The van der Waals surface area contributed by atoms with Gasteiger partial charge < -0.3 is 10.2 Å². The fourth-order valence-corrected chi connectivity index (χ4v) is 4.70. The molecule has 0 amide bonds. The molecule has 2 aromatic carbocycles. The quantitative estimate of drug-likeness (QED) is 0.816. The van der Waals surface area contributed by atoms with Crippen LogP contribution in [0.15, 0.2) is 30.3 Å². The molecule has 140 valence electrons. The molecule has 0 radical (unpaired) electrons. The van der Waals surface area contributed by atoms with E-state index in [1.807, 2.05) is 18.2 Å². The fraction of sp³-hybridized carbons (Fsp3) is 0.391. The van der Waals surface area contributed by atoms with Crippen LogP contribution in [0.3, 0.4) is 0 Å². The average molecular weight is 364 g/mol. The van der Waals surface area contributed by atoms with E-state index in [0.29, 0.717) is 17.5 Å². The minimum absolute atomic E-state index is 0.251. The van der Waals surface area contributed by atoms with Crippen LogP contribution in [0.4, 0.5) is 0 Å². The van der Waals surface area contributed by atoms with Gasteiger partial charge in [-0.1, -0.05) is 30.3 Å². The molecule has 2 aliphatic rings. The number of hydrogen-bond donors (Lipinski definition) is 2. The van der Waals surface area contributed by atoms with E-state index in [1.54, 1.807) is 0 Å². The second-order valence-corrected chi connectivity index (χ2v) is 7.80. The van der Waals surface area contributed by atoms with Crippen LogP contribution in [0.25, 0.3) is 0 Å². The molecule has 2 aliphatic carbocycles. The minimum Gasteiger partial charge on any atom is -0.481 e. The standard InChI is InChI=1S/C23H24O4/c24-22(25)19(12-14-7-8-15-3-1-5-17(15)11-14)13-18-10-9-16-4-2-6-20(16)21(18)23(26)27/h7-11,19H,1-6,12-13H2,(H,24,25)(H,26,27)/t19-/m0/s1. The van der Waals surface area contributed by atoms with Crippen LogP contribution < -0.4 is 0 Å². The van der Waals surface area contributed by atoms with Gasteiger partial charge in [0.05, 0.1) is 11.5 Å². The Hall–Kier alpha value is -2.62. The molecule has 0 bridgehead atoms. The van der Waals surface area contributed by atoms with E-state index >= 15 is 0 Å². The first-order valence-electron chi connectivity index (χ1n) is 9.73. The summed E-state index contributed by atoms with van der Waals surface area (Å²) in [5, 5.41) is 19.5. The molecule has 4 heteroatoms. The monoisotopic (exact) mass is 364 g/mol. The van der Waals surface area contributed by atoms with Gasteiger partial charge >= 0.3 is 11.9 Å². The number of aryl methyl sites for hydroxylation is 3. The average Bonchev–Trinajstić information content (AvgIpc) is 3.28. The molecule has 2 N–H and O–H groups in total. The third kappa shape index (κ3) is 3.48. The molecule has 1 atom stereocenters. The van der Waals surface area contributed by atoms with Gasteiger partial charge in [-0.25, -0.2) is 4.79 Å². The Balaban J connectivity index is 1.61. The number of hydrogen-bond acceptors (Lipinski definition) is 2. The Morgan fingerprint density at radius 2 is 1.56 bits per heavy atom. The van der Waals surface area contributed by atoms with Gasteiger partial charge in [0.2, 0.25) is 0 Å². The molecule has 0 saturated carbocycles. The number of benzene rings is 2. The summed E-state index contributed by atoms with van der Waals surface area (Å²) < 4.78 is 0. The van der Waals surface area contributed by atoms with Crippen LogP contribution in [0.5, 0.6) is 0 Å². The summed E-state index contributed by atoms with van der Waals surface area (Å²) in [6, 6.07) is 10.1. The van der Waals surface area contributed by atoms with Crippen LogP contribution in [0.1, 0.15) is 56.6 Å². The van der Waals surface area contributed by atoms with Gasteiger partial charge in [0.25, 0.3) is 0 Å². The van der Waals surface area contributed by atoms with E-state index in [-0.39, 0.29) is 6.42 Å². The van der Waals surface area contributed by atoms with Gasteiger partial charge in [-0.05, 0) is 84.7 Å². The molecule has 4 nitrogen and oxygen atoms in total. The Morgan fingerprint density at radius 1 is 0.852 bits per heavy atom. The van der Waals surface area contributed by atoms with Crippen LogP contribution >= 0.6 is 0 Å². The maximum absolute atomic E-state index is 11.9. The van der Waals surface area contributed by atoms with Crippen molar-refractivity contribution >= 4 is 11.9 Å². The molecule has 0 heterocycles. The third-order valence-electron chi connectivity index (χ3n) is 6.04. The number of aliphatic carboxylic acids is 1. The van der Waals surface area contributed by atoms with Gasteiger partial charge in [-0.3, -0.25) is 4.79 Å². The Labute approximate surface area is 158 Å². The number of carboxylic acid groups (broad SMARTS) is 2. The molecular weight excluding hydrogens is 340 g/mol. The molecular formula is C23H24O4. The lowest BCUT2D eigenvalue weighted by molar-refractivity contribution is -0.141. The predicted molar refractivity (Wildman–Crippen MR) is 102 cm³/mol. The Bertz CT molecular complexity index is 913. The van der Waals surface area contributed by atoms with E-state index in [9.17, 15) is 19.8 Å².